The zero-order chi connectivity index (χ0) is 23.7. The molecule has 1 atom stereocenters. The molecule has 1 aromatic carbocycles. The first-order valence-electron chi connectivity index (χ1n) is 10.8. The second-order valence-electron chi connectivity index (χ2n) is 7.94. The molecule has 1 fully saturated rings. The SMILES string of the molecule is COC(=O)c1cccc(C2CCN(c3cc(-c4cnc(OC)nc4OC)nn4ccnc34)C2)c1. The van der Waals surface area contributed by atoms with Crippen molar-refractivity contribution in [1.82, 2.24) is 24.6 Å². The first-order chi connectivity index (χ1) is 16.6. The van der Waals surface area contributed by atoms with E-state index in [9.17, 15) is 4.79 Å². The number of esters is 1. The van der Waals surface area contributed by atoms with Gasteiger partial charge in [-0.2, -0.15) is 10.1 Å². The number of fused-ring (bicyclic) bond motifs is 1. The number of benzene rings is 1. The van der Waals surface area contributed by atoms with E-state index in [2.05, 4.69) is 25.9 Å². The number of carbonyl (C=O) groups is 1. The lowest BCUT2D eigenvalue weighted by Gasteiger charge is -2.20. The van der Waals surface area contributed by atoms with Crippen molar-refractivity contribution in [3.63, 3.8) is 0 Å². The van der Waals surface area contributed by atoms with E-state index < -0.39 is 0 Å². The van der Waals surface area contributed by atoms with Crippen molar-refractivity contribution < 1.29 is 19.0 Å². The van der Waals surface area contributed by atoms with E-state index >= 15 is 0 Å². The summed E-state index contributed by atoms with van der Waals surface area (Å²) in [4.78, 5) is 27.3. The lowest BCUT2D eigenvalue weighted by molar-refractivity contribution is 0.0600. The van der Waals surface area contributed by atoms with Crippen molar-refractivity contribution >= 4 is 17.3 Å². The van der Waals surface area contributed by atoms with Crippen LogP contribution in [0.1, 0.15) is 28.3 Å². The van der Waals surface area contributed by atoms with Crippen LogP contribution in [0, 0.1) is 0 Å². The van der Waals surface area contributed by atoms with Crippen LogP contribution in [-0.4, -0.2) is 65.0 Å². The molecule has 1 saturated heterocycles. The van der Waals surface area contributed by atoms with E-state index in [0.717, 1.165) is 36.4 Å². The van der Waals surface area contributed by atoms with Gasteiger partial charge in [0.25, 0.3) is 0 Å². The van der Waals surface area contributed by atoms with Crippen molar-refractivity contribution in [1.29, 1.82) is 0 Å². The first kappa shape index (κ1) is 21.6. The van der Waals surface area contributed by atoms with Crippen molar-refractivity contribution in [2.45, 2.75) is 12.3 Å². The smallest absolute Gasteiger partial charge is 0.337 e. The highest BCUT2D eigenvalue weighted by Gasteiger charge is 2.27. The molecule has 10 heteroatoms. The molecule has 3 aromatic heterocycles. The third-order valence-electron chi connectivity index (χ3n) is 6.03. The van der Waals surface area contributed by atoms with Crippen LogP contribution in [0.25, 0.3) is 16.9 Å². The maximum atomic E-state index is 12.0. The molecule has 1 unspecified atom stereocenters. The first-order valence-corrected chi connectivity index (χ1v) is 10.8. The molecule has 4 aromatic rings. The van der Waals surface area contributed by atoms with Gasteiger partial charge >= 0.3 is 12.0 Å². The number of aromatic nitrogens is 5. The highest BCUT2D eigenvalue weighted by Crippen LogP contribution is 2.36. The van der Waals surface area contributed by atoms with Crippen LogP contribution in [0.15, 0.2) is 48.9 Å². The molecule has 0 bridgehead atoms. The second kappa shape index (κ2) is 8.97. The number of anilines is 1. The Hall–Kier alpha value is -4.21. The van der Waals surface area contributed by atoms with Gasteiger partial charge in [-0.15, -0.1) is 0 Å². The summed E-state index contributed by atoms with van der Waals surface area (Å²) in [6, 6.07) is 9.86. The Balaban J connectivity index is 1.50. The molecule has 1 aliphatic heterocycles. The summed E-state index contributed by atoms with van der Waals surface area (Å²) in [5.74, 6) is 0.323. The highest BCUT2D eigenvalue weighted by molar-refractivity contribution is 5.89. The molecule has 0 N–H and O–H groups in total. The quantitative estimate of drug-likeness (QED) is 0.402. The summed E-state index contributed by atoms with van der Waals surface area (Å²) in [5, 5.41) is 4.69. The normalized spacial score (nSPS) is 15.5. The van der Waals surface area contributed by atoms with Crippen LogP contribution in [0.4, 0.5) is 5.69 Å². The second-order valence-corrected chi connectivity index (χ2v) is 7.94. The average Bonchev–Trinajstić information content (AvgIpc) is 3.57. The maximum absolute atomic E-state index is 12.0. The van der Waals surface area contributed by atoms with Gasteiger partial charge < -0.3 is 19.1 Å². The zero-order valence-electron chi connectivity index (χ0n) is 19.1. The summed E-state index contributed by atoms with van der Waals surface area (Å²) in [5.41, 5.74) is 4.72. The Morgan fingerprint density at radius 2 is 2.00 bits per heavy atom. The molecule has 0 amide bonds. The fraction of sp³-hybridized carbons (Fsp3) is 0.292. The standard InChI is InChI=1S/C24H24N6O4/c1-32-22-18(13-26-24(27-22)34-3)19-12-20(21-25-8-10-30(21)28-19)29-9-7-17(14-29)15-5-4-6-16(11-15)23(31)33-2/h4-6,8,10-13,17H,7,9,14H2,1-3H3. The lowest BCUT2D eigenvalue weighted by Crippen LogP contribution is -2.21. The van der Waals surface area contributed by atoms with Crippen LogP contribution in [0.2, 0.25) is 0 Å². The minimum absolute atomic E-state index is 0.223. The average molecular weight is 460 g/mol. The number of imidazole rings is 1. The molecule has 0 radical (unpaired) electrons. The number of carbonyl (C=O) groups excluding carboxylic acids is 1. The number of rotatable bonds is 6. The minimum atomic E-state index is -0.328. The van der Waals surface area contributed by atoms with Gasteiger partial charge in [0.1, 0.15) is 5.69 Å². The van der Waals surface area contributed by atoms with E-state index in [0.29, 0.717) is 22.7 Å². The molecule has 1 aliphatic rings. The van der Waals surface area contributed by atoms with E-state index in [1.807, 2.05) is 24.4 Å². The molecule has 174 valence electrons. The van der Waals surface area contributed by atoms with Gasteiger partial charge in [0, 0.05) is 37.6 Å². The van der Waals surface area contributed by atoms with E-state index in [1.165, 1.54) is 14.2 Å². The maximum Gasteiger partial charge on any atom is 0.337 e. The molecular weight excluding hydrogens is 436 g/mol. The van der Waals surface area contributed by atoms with Crippen molar-refractivity contribution in [3.8, 4) is 23.1 Å². The summed E-state index contributed by atoms with van der Waals surface area (Å²) in [6.45, 7) is 1.63. The Morgan fingerprint density at radius 1 is 1.12 bits per heavy atom. The number of hydrogen-bond acceptors (Lipinski definition) is 9. The molecule has 4 heterocycles. The third kappa shape index (κ3) is 3.87. The fourth-order valence-corrected chi connectivity index (χ4v) is 4.33. The Labute approximate surface area is 196 Å². The Kier molecular flexibility index (Phi) is 5.70. The van der Waals surface area contributed by atoms with Gasteiger partial charge in [0.15, 0.2) is 5.65 Å². The predicted molar refractivity (Wildman–Crippen MR) is 124 cm³/mol. The summed E-state index contributed by atoms with van der Waals surface area (Å²) in [7, 11) is 4.45. The summed E-state index contributed by atoms with van der Waals surface area (Å²) >= 11 is 0. The fourth-order valence-electron chi connectivity index (χ4n) is 4.33. The monoisotopic (exact) mass is 460 g/mol. The van der Waals surface area contributed by atoms with Gasteiger partial charge in [0.2, 0.25) is 5.88 Å². The van der Waals surface area contributed by atoms with Crippen molar-refractivity contribution in [2.75, 3.05) is 39.3 Å². The Morgan fingerprint density at radius 3 is 2.79 bits per heavy atom. The van der Waals surface area contributed by atoms with E-state index in [-0.39, 0.29) is 17.9 Å². The third-order valence-corrected chi connectivity index (χ3v) is 6.03. The van der Waals surface area contributed by atoms with Gasteiger partial charge in [-0.25, -0.2) is 19.3 Å². The van der Waals surface area contributed by atoms with Crippen LogP contribution in [-0.2, 0) is 4.74 Å². The molecule has 0 aliphatic carbocycles. The van der Waals surface area contributed by atoms with Gasteiger partial charge in [-0.3, -0.25) is 0 Å². The van der Waals surface area contributed by atoms with Gasteiger partial charge in [0.05, 0.1) is 38.1 Å². The largest absolute Gasteiger partial charge is 0.480 e. The van der Waals surface area contributed by atoms with Gasteiger partial charge in [-0.1, -0.05) is 12.1 Å². The topological polar surface area (TPSA) is 104 Å². The number of ether oxygens (including phenoxy) is 3. The lowest BCUT2D eigenvalue weighted by atomic mass is 9.96. The molecule has 10 nitrogen and oxygen atoms in total. The molecule has 0 saturated carbocycles. The van der Waals surface area contributed by atoms with Crippen LogP contribution in [0.5, 0.6) is 11.9 Å². The molecule has 0 spiro atoms. The molecule has 34 heavy (non-hydrogen) atoms. The predicted octanol–water partition coefficient (Wildman–Crippen LogP) is 2.98. The number of hydrogen-bond donors (Lipinski definition) is 0. The number of nitrogens with zero attached hydrogens (tertiary/aromatic N) is 6. The van der Waals surface area contributed by atoms with E-state index in [4.69, 9.17) is 19.3 Å². The van der Waals surface area contributed by atoms with Crippen LogP contribution >= 0.6 is 0 Å². The summed E-state index contributed by atoms with van der Waals surface area (Å²) < 4.78 is 17.2. The highest BCUT2D eigenvalue weighted by atomic mass is 16.5. The van der Waals surface area contributed by atoms with Crippen molar-refractivity contribution in [2.24, 2.45) is 0 Å². The van der Waals surface area contributed by atoms with Crippen LogP contribution < -0.4 is 14.4 Å². The summed E-state index contributed by atoms with van der Waals surface area (Å²) in [6.07, 6.45) is 6.13. The minimum Gasteiger partial charge on any atom is -0.480 e. The van der Waals surface area contributed by atoms with E-state index in [1.54, 1.807) is 30.1 Å². The number of methoxy groups -OCH3 is 3. The van der Waals surface area contributed by atoms with Crippen molar-refractivity contribution in [3.05, 3.63) is 60.0 Å². The zero-order valence-corrected chi connectivity index (χ0v) is 19.1. The van der Waals surface area contributed by atoms with Crippen LogP contribution in [0.3, 0.4) is 0 Å². The van der Waals surface area contributed by atoms with Gasteiger partial charge in [-0.05, 0) is 30.2 Å². The molecule has 5 rings (SSSR count). The Bertz CT molecular complexity index is 1350. The molecular formula is C24H24N6O4.